The number of aromatic nitrogens is 3. The van der Waals surface area contributed by atoms with Gasteiger partial charge in [0.25, 0.3) is 11.5 Å². The Hall–Kier alpha value is -3.58. The van der Waals surface area contributed by atoms with Crippen LogP contribution in [-0.2, 0) is 13.6 Å². The van der Waals surface area contributed by atoms with Crippen LogP contribution in [0.4, 0.5) is 0 Å². The molecule has 4 rings (SSSR count). The first-order valence-corrected chi connectivity index (χ1v) is 9.26. The lowest BCUT2D eigenvalue weighted by molar-refractivity contribution is 0.0952. The number of hydrogen-bond acceptors (Lipinski definition) is 3. The first kappa shape index (κ1) is 18.8. The van der Waals surface area contributed by atoms with Gasteiger partial charge in [0.1, 0.15) is 5.52 Å². The molecule has 146 valence electrons. The molecule has 0 saturated carbocycles. The molecule has 0 spiro atoms. The van der Waals surface area contributed by atoms with Crippen molar-refractivity contribution in [2.24, 2.45) is 7.05 Å². The molecular weight excluding hydrogens is 392 g/mol. The maximum Gasteiger partial charge on any atom is 0.333 e. The maximum absolute atomic E-state index is 13.0. The smallest absolute Gasteiger partial charge is 0.333 e. The van der Waals surface area contributed by atoms with Crippen LogP contribution in [0, 0.1) is 0 Å². The summed E-state index contributed by atoms with van der Waals surface area (Å²) in [4.78, 5) is 41.0. The molecule has 0 fully saturated rings. The molecule has 2 N–H and O–H groups in total. The maximum atomic E-state index is 13.0. The molecule has 7 nitrogen and oxygen atoms in total. The van der Waals surface area contributed by atoms with Gasteiger partial charge in [-0.05, 0) is 29.8 Å². The van der Waals surface area contributed by atoms with E-state index < -0.39 is 17.2 Å². The number of amides is 1. The highest BCUT2D eigenvalue weighted by atomic mass is 35.5. The van der Waals surface area contributed by atoms with Crippen LogP contribution in [-0.4, -0.2) is 20.0 Å². The van der Waals surface area contributed by atoms with Gasteiger partial charge in [-0.25, -0.2) is 9.36 Å². The summed E-state index contributed by atoms with van der Waals surface area (Å²) in [5.41, 5.74) is 0.915. The van der Waals surface area contributed by atoms with E-state index in [2.05, 4.69) is 10.3 Å². The van der Waals surface area contributed by atoms with Crippen molar-refractivity contribution >= 4 is 28.5 Å². The summed E-state index contributed by atoms with van der Waals surface area (Å²) in [6, 6.07) is 15.7. The number of aromatic amines is 1. The molecule has 1 amide bonds. The highest BCUT2D eigenvalue weighted by molar-refractivity contribution is 6.30. The Bertz CT molecular complexity index is 1320. The Morgan fingerprint density at radius 3 is 2.45 bits per heavy atom. The molecule has 2 aromatic heterocycles. The first-order chi connectivity index (χ1) is 14.0. The summed E-state index contributed by atoms with van der Waals surface area (Å²) in [5.74, 6) is -0.391. The fourth-order valence-electron chi connectivity index (χ4n) is 3.24. The van der Waals surface area contributed by atoms with Crippen LogP contribution >= 0.6 is 11.6 Å². The number of para-hydroxylation sites is 1. The Labute approximate surface area is 170 Å². The van der Waals surface area contributed by atoms with Gasteiger partial charge in [0.2, 0.25) is 0 Å². The minimum absolute atomic E-state index is 0.211. The molecule has 4 aromatic rings. The summed E-state index contributed by atoms with van der Waals surface area (Å²) in [6.45, 7) is 0.289. The Kier molecular flexibility index (Phi) is 4.82. The van der Waals surface area contributed by atoms with E-state index in [0.29, 0.717) is 10.7 Å². The molecule has 0 aliphatic rings. The van der Waals surface area contributed by atoms with Gasteiger partial charge in [0, 0.05) is 24.8 Å². The highest BCUT2D eigenvalue weighted by Crippen LogP contribution is 2.15. The van der Waals surface area contributed by atoms with E-state index in [4.69, 9.17) is 11.6 Å². The number of H-pyrrole nitrogens is 1. The quantitative estimate of drug-likeness (QED) is 0.544. The number of benzene rings is 2. The van der Waals surface area contributed by atoms with Gasteiger partial charge < -0.3 is 14.9 Å². The Balaban J connectivity index is 1.73. The summed E-state index contributed by atoms with van der Waals surface area (Å²) >= 11 is 5.87. The van der Waals surface area contributed by atoms with Crippen LogP contribution in [0.2, 0.25) is 5.02 Å². The van der Waals surface area contributed by atoms with Crippen molar-refractivity contribution in [1.29, 1.82) is 0 Å². The summed E-state index contributed by atoms with van der Waals surface area (Å²) in [6.07, 6.45) is 1.54. The van der Waals surface area contributed by atoms with Crippen molar-refractivity contribution < 1.29 is 4.79 Å². The van der Waals surface area contributed by atoms with E-state index in [9.17, 15) is 14.4 Å². The second-order valence-corrected chi connectivity index (χ2v) is 7.03. The average molecular weight is 409 g/mol. The molecule has 2 aromatic carbocycles. The van der Waals surface area contributed by atoms with E-state index in [1.165, 1.54) is 6.20 Å². The van der Waals surface area contributed by atoms with E-state index >= 15 is 0 Å². The molecule has 29 heavy (non-hydrogen) atoms. The van der Waals surface area contributed by atoms with Crippen molar-refractivity contribution in [3.63, 3.8) is 0 Å². The van der Waals surface area contributed by atoms with Gasteiger partial charge in [0.15, 0.2) is 0 Å². The van der Waals surface area contributed by atoms with Crippen LogP contribution in [0.3, 0.4) is 0 Å². The molecule has 0 atom stereocenters. The molecule has 2 heterocycles. The fourth-order valence-corrected chi connectivity index (χ4v) is 3.36. The lowest BCUT2D eigenvalue weighted by atomic mass is 10.2. The first-order valence-electron chi connectivity index (χ1n) is 8.88. The number of carbonyl (C=O) groups is 1. The summed E-state index contributed by atoms with van der Waals surface area (Å²) in [7, 11) is 1.66. The summed E-state index contributed by atoms with van der Waals surface area (Å²) < 4.78 is 2.60. The van der Waals surface area contributed by atoms with Crippen molar-refractivity contribution in [3.8, 4) is 5.69 Å². The van der Waals surface area contributed by atoms with Crippen LogP contribution in [0.15, 0.2) is 70.4 Å². The molecular formula is C21H17ClN4O3. The zero-order valence-electron chi connectivity index (χ0n) is 15.5. The molecule has 8 heteroatoms. The van der Waals surface area contributed by atoms with E-state index in [1.54, 1.807) is 54.1 Å². The number of nitrogens with zero attached hydrogens (tertiary/aromatic N) is 2. The molecule has 0 aliphatic carbocycles. The normalized spacial score (nSPS) is 11.0. The van der Waals surface area contributed by atoms with E-state index in [1.807, 2.05) is 12.1 Å². The molecule has 0 radical (unpaired) electrons. The zero-order valence-corrected chi connectivity index (χ0v) is 16.2. The average Bonchev–Trinajstić information content (AvgIpc) is 3.04. The monoisotopic (exact) mass is 408 g/mol. The third-order valence-corrected chi connectivity index (χ3v) is 4.90. The van der Waals surface area contributed by atoms with Gasteiger partial charge in [-0.2, -0.15) is 0 Å². The predicted molar refractivity (Wildman–Crippen MR) is 112 cm³/mol. The molecule has 0 bridgehead atoms. The zero-order chi connectivity index (χ0) is 20.5. The van der Waals surface area contributed by atoms with Crippen LogP contribution < -0.4 is 16.6 Å². The SMILES string of the molecule is Cn1cc(C(=O)NCc2ccc(Cl)cc2)c2[nH]c(=O)n(-c3ccccc3)c(=O)c21. The van der Waals surface area contributed by atoms with Gasteiger partial charge >= 0.3 is 5.69 Å². The third kappa shape index (κ3) is 3.48. The second-order valence-electron chi connectivity index (χ2n) is 6.59. The van der Waals surface area contributed by atoms with Crippen LogP contribution in [0.5, 0.6) is 0 Å². The Morgan fingerprint density at radius 2 is 1.76 bits per heavy atom. The standard InChI is InChI=1S/C21H17ClN4O3/c1-25-12-16(19(27)23-11-13-7-9-14(22)10-8-13)17-18(25)20(28)26(21(29)24-17)15-5-3-2-4-6-15/h2-10,12H,11H2,1H3,(H,23,27)(H,24,29). The number of halogens is 1. The minimum Gasteiger partial charge on any atom is -0.348 e. The third-order valence-electron chi connectivity index (χ3n) is 4.65. The molecule has 0 aliphatic heterocycles. The van der Waals surface area contributed by atoms with Gasteiger partial charge in [-0.3, -0.25) is 9.59 Å². The largest absolute Gasteiger partial charge is 0.348 e. The van der Waals surface area contributed by atoms with Crippen molar-refractivity contribution in [3.05, 3.63) is 97.8 Å². The molecule has 0 unspecified atom stereocenters. The second kappa shape index (κ2) is 7.44. The number of nitrogens with one attached hydrogen (secondary N) is 2. The van der Waals surface area contributed by atoms with Crippen molar-refractivity contribution in [2.45, 2.75) is 6.54 Å². The number of hydrogen-bond donors (Lipinski definition) is 2. The fraction of sp³-hybridized carbons (Fsp3) is 0.0952. The minimum atomic E-state index is -0.605. The van der Waals surface area contributed by atoms with Gasteiger partial charge in [0.05, 0.1) is 16.8 Å². The topological polar surface area (TPSA) is 88.9 Å². The van der Waals surface area contributed by atoms with Gasteiger partial charge in [-0.1, -0.05) is 41.9 Å². The highest BCUT2D eigenvalue weighted by Gasteiger charge is 2.20. The Morgan fingerprint density at radius 1 is 1.07 bits per heavy atom. The van der Waals surface area contributed by atoms with Gasteiger partial charge in [-0.15, -0.1) is 0 Å². The van der Waals surface area contributed by atoms with Crippen LogP contribution in [0.25, 0.3) is 16.7 Å². The molecule has 0 saturated heterocycles. The lowest BCUT2D eigenvalue weighted by Gasteiger charge is -2.06. The number of fused-ring (bicyclic) bond motifs is 1. The van der Waals surface area contributed by atoms with Crippen LogP contribution in [0.1, 0.15) is 15.9 Å². The van der Waals surface area contributed by atoms with Crippen molar-refractivity contribution in [1.82, 2.24) is 19.4 Å². The summed E-state index contributed by atoms with van der Waals surface area (Å²) in [5, 5.41) is 3.41. The lowest BCUT2D eigenvalue weighted by Crippen LogP contribution is -2.34. The van der Waals surface area contributed by atoms with E-state index in [-0.39, 0.29) is 23.1 Å². The number of aryl methyl sites for hydroxylation is 1. The van der Waals surface area contributed by atoms with E-state index in [0.717, 1.165) is 10.1 Å². The number of rotatable bonds is 4. The van der Waals surface area contributed by atoms with Crippen molar-refractivity contribution in [2.75, 3.05) is 0 Å². The number of carbonyl (C=O) groups excluding carboxylic acids is 1. The predicted octanol–water partition coefficient (Wildman–Crippen LogP) is 2.60.